The second kappa shape index (κ2) is 4.14. The van der Waals surface area contributed by atoms with Gasteiger partial charge in [0.05, 0.1) is 0 Å². The van der Waals surface area contributed by atoms with Gasteiger partial charge in [0.1, 0.15) is 11.4 Å². The molecule has 0 radical (unpaired) electrons. The van der Waals surface area contributed by atoms with E-state index in [-0.39, 0.29) is 5.60 Å². The van der Waals surface area contributed by atoms with Crippen LogP contribution in [0.25, 0.3) is 6.08 Å². The number of hydrogen-bond acceptors (Lipinski definition) is 1. The molecule has 0 spiro atoms. The van der Waals surface area contributed by atoms with E-state index >= 15 is 0 Å². The van der Waals surface area contributed by atoms with Crippen molar-refractivity contribution in [2.45, 2.75) is 19.4 Å². The van der Waals surface area contributed by atoms with E-state index in [1.54, 1.807) is 6.08 Å². The van der Waals surface area contributed by atoms with Gasteiger partial charge in [0, 0.05) is 0 Å². The number of rotatable bonds is 4. The van der Waals surface area contributed by atoms with Crippen molar-refractivity contribution in [1.82, 2.24) is 0 Å². The molecule has 0 saturated heterocycles. The second-order valence-electron chi connectivity index (χ2n) is 3.68. The zero-order valence-electron chi connectivity index (χ0n) is 8.79. The van der Waals surface area contributed by atoms with Crippen LogP contribution in [0.2, 0.25) is 0 Å². The van der Waals surface area contributed by atoms with E-state index in [2.05, 4.69) is 13.2 Å². The van der Waals surface area contributed by atoms with E-state index in [1.807, 2.05) is 44.2 Å². The topological polar surface area (TPSA) is 9.23 Å². The molecule has 0 unspecified atom stereocenters. The van der Waals surface area contributed by atoms with E-state index < -0.39 is 0 Å². The Kier molecular flexibility index (Phi) is 3.13. The van der Waals surface area contributed by atoms with Crippen LogP contribution in [0.5, 0.6) is 5.75 Å². The van der Waals surface area contributed by atoms with Gasteiger partial charge in [-0.3, -0.25) is 0 Å². The molecule has 1 heteroatoms. The van der Waals surface area contributed by atoms with Crippen LogP contribution in [0.15, 0.2) is 43.5 Å². The molecule has 0 heterocycles. The van der Waals surface area contributed by atoms with Crippen molar-refractivity contribution in [3.8, 4) is 5.75 Å². The molecule has 14 heavy (non-hydrogen) atoms. The summed E-state index contributed by atoms with van der Waals surface area (Å²) in [7, 11) is 0. The maximum atomic E-state index is 5.70. The molecule has 1 aromatic carbocycles. The minimum Gasteiger partial charge on any atom is -0.484 e. The fourth-order valence-electron chi connectivity index (χ4n) is 1.02. The van der Waals surface area contributed by atoms with E-state index in [4.69, 9.17) is 4.74 Å². The van der Waals surface area contributed by atoms with Gasteiger partial charge in [-0.15, -0.1) is 0 Å². The predicted octanol–water partition coefficient (Wildman–Crippen LogP) is 3.67. The van der Waals surface area contributed by atoms with Gasteiger partial charge in [0.15, 0.2) is 0 Å². The molecule has 1 aromatic rings. The number of benzene rings is 1. The van der Waals surface area contributed by atoms with Gasteiger partial charge in [0.2, 0.25) is 0 Å². The third-order valence-corrected chi connectivity index (χ3v) is 1.99. The quantitative estimate of drug-likeness (QED) is 0.655. The summed E-state index contributed by atoms with van der Waals surface area (Å²) < 4.78 is 5.70. The molecular weight excluding hydrogens is 172 g/mol. The van der Waals surface area contributed by atoms with Crippen LogP contribution in [0.1, 0.15) is 19.4 Å². The van der Waals surface area contributed by atoms with Gasteiger partial charge in [0.25, 0.3) is 0 Å². The Balaban J connectivity index is 2.78. The standard InChI is InChI=1S/C13H16O/c1-5-11-7-9-12(10-8-11)14-13(3,4)6-2/h5-10H,1-2H2,3-4H3. The van der Waals surface area contributed by atoms with E-state index in [1.165, 1.54) is 0 Å². The Morgan fingerprint density at radius 1 is 1.14 bits per heavy atom. The third-order valence-electron chi connectivity index (χ3n) is 1.99. The molecule has 0 amide bonds. The lowest BCUT2D eigenvalue weighted by atomic mass is 10.1. The summed E-state index contributed by atoms with van der Waals surface area (Å²) in [6, 6.07) is 7.81. The molecule has 0 aliphatic rings. The minimum absolute atomic E-state index is 0.324. The summed E-state index contributed by atoms with van der Waals surface area (Å²) in [5.41, 5.74) is 0.768. The zero-order valence-corrected chi connectivity index (χ0v) is 8.79. The van der Waals surface area contributed by atoms with Gasteiger partial charge < -0.3 is 4.74 Å². The second-order valence-corrected chi connectivity index (χ2v) is 3.68. The molecule has 0 bridgehead atoms. The molecule has 0 atom stereocenters. The van der Waals surface area contributed by atoms with Crippen LogP contribution in [0, 0.1) is 0 Å². The molecule has 0 aliphatic heterocycles. The monoisotopic (exact) mass is 188 g/mol. The molecule has 0 saturated carbocycles. The first-order valence-corrected chi connectivity index (χ1v) is 4.62. The van der Waals surface area contributed by atoms with Crippen molar-refractivity contribution in [1.29, 1.82) is 0 Å². The SMILES string of the molecule is C=Cc1ccc(OC(C)(C)C=C)cc1. The normalized spacial score (nSPS) is 10.7. The largest absolute Gasteiger partial charge is 0.484 e. The van der Waals surface area contributed by atoms with Crippen LogP contribution >= 0.6 is 0 Å². The molecule has 0 N–H and O–H groups in total. The lowest BCUT2D eigenvalue weighted by Crippen LogP contribution is -2.24. The Labute approximate surface area is 85.7 Å². The first kappa shape index (κ1) is 10.6. The Morgan fingerprint density at radius 2 is 1.71 bits per heavy atom. The number of ether oxygens (including phenoxy) is 1. The molecule has 0 fully saturated rings. The predicted molar refractivity (Wildman–Crippen MR) is 61.4 cm³/mol. The number of hydrogen-bond donors (Lipinski definition) is 0. The smallest absolute Gasteiger partial charge is 0.121 e. The van der Waals surface area contributed by atoms with Gasteiger partial charge in [-0.2, -0.15) is 0 Å². The summed E-state index contributed by atoms with van der Waals surface area (Å²) in [5, 5.41) is 0. The highest BCUT2D eigenvalue weighted by Crippen LogP contribution is 2.19. The molecule has 0 aromatic heterocycles. The summed E-state index contributed by atoms with van der Waals surface area (Å²) in [6.07, 6.45) is 3.59. The van der Waals surface area contributed by atoms with E-state index in [9.17, 15) is 0 Å². The zero-order chi connectivity index (χ0) is 10.6. The lowest BCUT2D eigenvalue weighted by molar-refractivity contribution is 0.162. The van der Waals surface area contributed by atoms with Crippen LogP contribution in [0.4, 0.5) is 0 Å². The first-order valence-electron chi connectivity index (χ1n) is 4.62. The summed E-state index contributed by atoms with van der Waals surface area (Å²) in [6.45, 7) is 11.4. The maximum Gasteiger partial charge on any atom is 0.121 e. The molecule has 0 aliphatic carbocycles. The van der Waals surface area contributed by atoms with Crippen LogP contribution in [0.3, 0.4) is 0 Å². The van der Waals surface area contributed by atoms with Crippen molar-refractivity contribution in [3.63, 3.8) is 0 Å². The average molecular weight is 188 g/mol. The average Bonchev–Trinajstić information content (AvgIpc) is 2.19. The van der Waals surface area contributed by atoms with Gasteiger partial charge >= 0.3 is 0 Å². The Morgan fingerprint density at radius 3 is 2.14 bits per heavy atom. The molecular formula is C13H16O. The van der Waals surface area contributed by atoms with E-state index in [0.717, 1.165) is 11.3 Å². The third kappa shape index (κ3) is 2.77. The molecule has 74 valence electrons. The Bertz CT molecular complexity index is 320. The fraction of sp³-hybridized carbons (Fsp3) is 0.231. The maximum absolute atomic E-state index is 5.70. The lowest BCUT2D eigenvalue weighted by Gasteiger charge is -2.22. The van der Waals surface area contributed by atoms with Crippen molar-refractivity contribution in [3.05, 3.63) is 49.1 Å². The molecule has 1 nitrogen and oxygen atoms in total. The van der Waals surface area contributed by atoms with Crippen molar-refractivity contribution in [2.75, 3.05) is 0 Å². The molecule has 1 rings (SSSR count). The van der Waals surface area contributed by atoms with E-state index in [0.29, 0.717) is 0 Å². The van der Waals surface area contributed by atoms with Gasteiger partial charge in [-0.05, 0) is 37.6 Å². The van der Waals surface area contributed by atoms with Crippen molar-refractivity contribution >= 4 is 6.08 Å². The van der Waals surface area contributed by atoms with Crippen LogP contribution in [-0.4, -0.2) is 5.60 Å². The van der Waals surface area contributed by atoms with Crippen LogP contribution in [-0.2, 0) is 0 Å². The van der Waals surface area contributed by atoms with Crippen molar-refractivity contribution < 1.29 is 4.74 Å². The van der Waals surface area contributed by atoms with Crippen molar-refractivity contribution in [2.24, 2.45) is 0 Å². The summed E-state index contributed by atoms with van der Waals surface area (Å²) in [4.78, 5) is 0. The fourth-order valence-corrected chi connectivity index (χ4v) is 1.02. The summed E-state index contributed by atoms with van der Waals surface area (Å²) >= 11 is 0. The highest BCUT2D eigenvalue weighted by molar-refractivity contribution is 5.48. The van der Waals surface area contributed by atoms with Gasteiger partial charge in [-0.25, -0.2) is 0 Å². The Hall–Kier alpha value is -1.50. The summed E-state index contributed by atoms with van der Waals surface area (Å²) in [5.74, 6) is 0.848. The van der Waals surface area contributed by atoms with Crippen LogP contribution < -0.4 is 4.74 Å². The highest BCUT2D eigenvalue weighted by atomic mass is 16.5. The highest BCUT2D eigenvalue weighted by Gasteiger charge is 2.13. The minimum atomic E-state index is -0.324. The van der Waals surface area contributed by atoms with Gasteiger partial charge in [-0.1, -0.05) is 31.4 Å². The first-order chi connectivity index (χ1) is 6.57.